The molecule has 0 fully saturated rings. The summed E-state index contributed by atoms with van der Waals surface area (Å²) in [6.45, 7) is 4.61. The van der Waals surface area contributed by atoms with Gasteiger partial charge in [0.2, 0.25) is 0 Å². The van der Waals surface area contributed by atoms with Crippen LogP contribution in [0.3, 0.4) is 0 Å². The number of nitrogens with zero attached hydrogens (tertiary/aromatic N) is 2. The monoisotopic (exact) mass is 212 g/mol. The first-order valence-electron chi connectivity index (χ1n) is 4.76. The maximum absolute atomic E-state index is 10.6. The van der Waals surface area contributed by atoms with E-state index in [9.17, 15) is 4.79 Å². The van der Waals surface area contributed by atoms with Crippen LogP contribution in [0.4, 0.5) is 0 Å². The molecule has 0 aliphatic rings. The number of carboxylic acid groups (broad SMARTS) is 1. The van der Waals surface area contributed by atoms with Crippen LogP contribution in [-0.4, -0.2) is 33.6 Å². The number of carbonyl (C=O) groups is 1. The van der Waals surface area contributed by atoms with Crippen molar-refractivity contribution in [2.24, 2.45) is 0 Å². The molecule has 1 aromatic heterocycles. The van der Waals surface area contributed by atoms with Gasteiger partial charge in [0.25, 0.3) is 0 Å². The molecule has 15 heavy (non-hydrogen) atoms. The molecule has 84 valence electrons. The minimum Gasteiger partial charge on any atom is -0.476 e. The van der Waals surface area contributed by atoms with Gasteiger partial charge in [-0.15, -0.1) is 0 Å². The number of hydrogen-bond acceptors (Lipinski definition) is 3. The van der Waals surface area contributed by atoms with Gasteiger partial charge in [-0.25, -0.2) is 4.79 Å². The van der Waals surface area contributed by atoms with Gasteiger partial charge >= 0.3 is 5.97 Å². The summed E-state index contributed by atoms with van der Waals surface area (Å²) in [5.41, 5.74) is -0.139. The van der Waals surface area contributed by atoms with Gasteiger partial charge in [-0.1, -0.05) is 0 Å². The van der Waals surface area contributed by atoms with Gasteiger partial charge in [-0.2, -0.15) is 5.10 Å². The summed E-state index contributed by atoms with van der Waals surface area (Å²) < 4.78 is 6.87. The number of carboxylic acids is 1. The molecule has 1 N–H and O–H groups in total. The van der Waals surface area contributed by atoms with E-state index >= 15 is 0 Å². The van der Waals surface area contributed by atoms with E-state index in [4.69, 9.17) is 9.84 Å². The molecular formula is C10H16N2O3. The highest BCUT2D eigenvalue weighted by Crippen LogP contribution is 2.13. The zero-order chi connectivity index (χ0) is 11.5. The normalized spacial score (nSPS) is 11.7. The molecule has 0 radical (unpaired) electrons. The van der Waals surface area contributed by atoms with E-state index in [0.717, 1.165) is 6.42 Å². The topological polar surface area (TPSA) is 64.3 Å². The third kappa shape index (κ3) is 3.36. The van der Waals surface area contributed by atoms with Crippen molar-refractivity contribution in [3.63, 3.8) is 0 Å². The van der Waals surface area contributed by atoms with E-state index < -0.39 is 5.97 Å². The number of aryl methyl sites for hydroxylation is 1. The second-order valence-corrected chi connectivity index (χ2v) is 3.98. The van der Waals surface area contributed by atoms with E-state index in [1.807, 2.05) is 13.8 Å². The van der Waals surface area contributed by atoms with Crippen LogP contribution < -0.4 is 0 Å². The van der Waals surface area contributed by atoms with Gasteiger partial charge in [0.15, 0.2) is 5.69 Å². The summed E-state index contributed by atoms with van der Waals surface area (Å²) in [5, 5.41) is 12.6. The Bertz CT molecular complexity index is 344. The fourth-order valence-corrected chi connectivity index (χ4v) is 1.09. The first kappa shape index (κ1) is 11.7. The molecule has 0 amide bonds. The van der Waals surface area contributed by atoms with Crippen molar-refractivity contribution < 1.29 is 14.6 Å². The van der Waals surface area contributed by atoms with Crippen molar-refractivity contribution in [1.82, 2.24) is 9.78 Å². The van der Waals surface area contributed by atoms with Crippen molar-refractivity contribution in [1.29, 1.82) is 0 Å². The van der Waals surface area contributed by atoms with E-state index in [1.54, 1.807) is 18.0 Å². The second kappa shape index (κ2) is 4.44. The molecule has 5 nitrogen and oxygen atoms in total. The van der Waals surface area contributed by atoms with Crippen LogP contribution in [0.15, 0.2) is 12.3 Å². The lowest BCUT2D eigenvalue weighted by Crippen LogP contribution is -2.24. The molecule has 0 saturated carbocycles. The minimum absolute atomic E-state index is 0.0743. The summed E-state index contributed by atoms with van der Waals surface area (Å²) in [4.78, 5) is 10.6. The van der Waals surface area contributed by atoms with Gasteiger partial charge in [-0.3, -0.25) is 4.68 Å². The van der Waals surface area contributed by atoms with Crippen LogP contribution in [0.25, 0.3) is 0 Å². The van der Waals surface area contributed by atoms with Gasteiger partial charge in [0.1, 0.15) is 0 Å². The number of ether oxygens (including phenoxy) is 1. The first-order valence-corrected chi connectivity index (χ1v) is 4.76. The molecule has 1 rings (SSSR count). The zero-order valence-electron chi connectivity index (χ0n) is 9.23. The van der Waals surface area contributed by atoms with Crippen molar-refractivity contribution in [3.05, 3.63) is 18.0 Å². The Morgan fingerprint density at radius 1 is 1.67 bits per heavy atom. The van der Waals surface area contributed by atoms with Crippen LogP contribution in [0, 0.1) is 0 Å². The Balaban J connectivity index is 2.55. The molecule has 0 atom stereocenters. The third-order valence-electron chi connectivity index (χ3n) is 2.36. The number of rotatable bonds is 5. The molecule has 0 saturated heterocycles. The predicted octanol–water partition coefficient (Wildman–Crippen LogP) is 1.40. The van der Waals surface area contributed by atoms with Gasteiger partial charge in [-0.05, 0) is 26.3 Å². The highest BCUT2D eigenvalue weighted by Gasteiger charge is 2.16. The summed E-state index contributed by atoms with van der Waals surface area (Å²) in [5.74, 6) is -1.00. The SMILES string of the molecule is COC(C)(C)CCn1ccc(C(=O)O)n1. The van der Waals surface area contributed by atoms with Crippen molar-refractivity contribution >= 4 is 5.97 Å². The molecule has 0 aromatic carbocycles. The lowest BCUT2D eigenvalue weighted by Gasteiger charge is -2.22. The maximum atomic E-state index is 10.6. The summed E-state index contributed by atoms with van der Waals surface area (Å²) in [6, 6.07) is 1.49. The van der Waals surface area contributed by atoms with Gasteiger partial charge in [0, 0.05) is 19.9 Å². The molecule has 0 spiro atoms. The Morgan fingerprint density at radius 3 is 2.80 bits per heavy atom. The Labute approximate surface area is 88.7 Å². The molecule has 1 aromatic rings. The van der Waals surface area contributed by atoms with E-state index in [-0.39, 0.29) is 11.3 Å². The first-order chi connectivity index (χ1) is 6.94. The van der Waals surface area contributed by atoms with Gasteiger partial charge in [0.05, 0.1) is 5.60 Å². The Hall–Kier alpha value is -1.36. The minimum atomic E-state index is -1.00. The highest BCUT2D eigenvalue weighted by atomic mass is 16.5. The molecular weight excluding hydrogens is 196 g/mol. The highest BCUT2D eigenvalue weighted by molar-refractivity contribution is 5.84. The Morgan fingerprint density at radius 2 is 2.33 bits per heavy atom. The third-order valence-corrected chi connectivity index (χ3v) is 2.36. The van der Waals surface area contributed by atoms with E-state index in [2.05, 4.69) is 5.10 Å². The standard InChI is InChI=1S/C10H16N2O3/c1-10(2,15-3)5-7-12-6-4-8(11-12)9(13)14/h4,6H,5,7H2,1-3H3,(H,13,14). The van der Waals surface area contributed by atoms with Crippen molar-refractivity contribution in [2.45, 2.75) is 32.4 Å². The average Bonchev–Trinajstić information content (AvgIpc) is 2.63. The molecule has 1 heterocycles. The molecule has 5 heteroatoms. The van der Waals surface area contributed by atoms with Crippen LogP contribution in [0.1, 0.15) is 30.8 Å². The van der Waals surface area contributed by atoms with Crippen LogP contribution in [-0.2, 0) is 11.3 Å². The maximum Gasteiger partial charge on any atom is 0.356 e. The summed E-state index contributed by atoms with van der Waals surface area (Å²) in [6.07, 6.45) is 2.44. The fraction of sp³-hybridized carbons (Fsp3) is 0.600. The summed E-state index contributed by atoms with van der Waals surface area (Å²) in [7, 11) is 1.66. The lowest BCUT2D eigenvalue weighted by molar-refractivity contribution is 0.0113. The number of methoxy groups -OCH3 is 1. The van der Waals surface area contributed by atoms with Crippen LogP contribution >= 0.6 is 0 Å². The average molecular weight is 212 g/mol. The van der Waals surface area contributed by atoms with Crippen LogP contribution in [0.2, 0.25) is 0 Å². The largest absolute Gasteiger partial charge is 0.476 e. The van der Waals surface area contributed by atoms with E-state index in [0.29, 0.717) is 6.54 Å². The van der Waals surface area contributed by atoms with E-state index in [1.165, 1.54) is 6.07 Å². The zero-order valence-corrected chi connectivity index (χ0v) is 9.23. The predicted molar refractivity (Wildman–Crippen MR) is 54.9 cm³/mol. The lowest BCUT2D eigenvalue weighted by atomic mass is 10.1. The van der Waals surface area contributed by atoms with Crippen molar-refractivity contribution in [2.75, 3.05) is 7.11 Å². The number of hydrogen-bond donors (Lipinski definition) is 1. The number of aromatic carboxylic acids is 1. The second-order valence-electron chi connectivity index (χ2n) is 3.98. The van der Waals surface area contributed by atoms with Gasteiger partial charge < -0.3 is 9.84 Å². The molecule has 0 aliphatic heterocycles. The van der Waals surface area contributed by atoms with Crippen LogP contribution in [0.5, 0.6) is 0 Å². The molecule has 0 aliphatic carbocycles. The Kier molecular flexibility index (Phi) is 3.47. The molecule has 0 bridgehead atoms. The summed E-state index contributed by atoms with van der Waals surface area (Å²) >= 11 is 0. The van der Waals surface area contributed by atoms with Crippen molar-refractivity contribution in [3.8, 4) is 0 Å². The molecule has 0 unspecified atom stereocenters. The smallest absolute Gasteiger partial charge is 0.356 e. The quantitative estimate of drug-likeness (QED) is 0.801. The fourth-order valence-electron chi connectivity index (χ4n) is 1.09. The number of aromatic nitrogens is 2.